The lowest BCUT2D eigenvalue weighted by Crippen LogP contribution is -2.28. The largest absolute Gasteiger partial charge is 0.317 e. The van der Waals surface area contributed by atoms with E-state index in [1.807, 2.05) is 25.4 Å². The first kappa shape index (κ1) is 12.8. The maximum atomic E-state index is 4.36. The second kappa shape index (κ2) is 6.92. The van der Waals surface area contributed by atoms with E-state index in [4.69, 9.17) is 0 Å². The van der Waals surface area contributed by atoms with Crippen molar-refractivity contribution in [3.63, 3.8) is 0 Å². The van der Waals surface area contributed by atoms with Gasteiger partial charge in [-0.15, -0.1) is 0 Å². The zero-order chi connectivity index (χ0) is 12.6. The van der Waals surface area contributed by atoms with Crippen molar-refractivity contribution in [3.05, 3.63) is 66.0 Å². The van der Waals surface area contributed by atoms with E-state index in [-0.39, 0.29) is 0 Å². The molecule has 1 aromatic heterocycles. The van der Waals surface area contributed by atoms with Crippen LogP contribution in [0.25, 0.3) is 0 Å². The van der Waals surface area contributed by atoms with Crippen molar-refractivity contribution < 1.29 is 0 Å². The predicted molar refractivity (Wildman–Crippen MR) is 75.6 cm³/mol. The summed E-state index contributed by atoms with van der Waals surface area (Å²) in [4.78, 5) is 4.36. The average molecular weight is 240 g/mol. The maximum Gasteiger partial charge on any atom is 0.0404 e. The van der Waals surface area contributed by atoms with Crippen LogP contribution in [0.5, 0.6) is 0 Å². The zero-order valence-electron chi connectivity index (χ0n) is 10.8. The topological polar surface area (TPSA) is 24.9 Å². The van der Waals surface area contributed by atoms with E-state index in [2.05, 4.69) is 46.7 Å². The molecule has 2 aromatic rings. The third kappa shape index (κ3) is 3.97. The number of hydrogen-bond donors (Lipinski definition) is 1. The first-order valence-electron chi connectivity index (χ1n) is 6.49. The molecule has 1 unspecified atom stereocenters. The van der Waals surface area contributed by atoms with Crippen molar-refractivity contribution in [1.29, 1.82) is 0 Å². The van der Waals surface area contributed by atoms with E-state index in [1.165, 1.54) is 11.3 Å². The first-order chi connectivity index (χ1) is 8.88. The summed E-state index contributed by atoms with van der Waals surface area (Å²) in [6.45, 7) is 0. The van der Waals surface area contributed by atoms with Gasteiger partial charge in [-0.1, -0.05) is 36.4 Å². The third-order valence-electron chi connectivity index (χ3n) is 3.21. The number of rotatable bonds is 6. The predicted octanol–water partition coefficient (Wildman–Crippen LogP) is 2.84. The second-order valence-electron chi connectivity index (χ2n) is 4.54. The van der Waals surface area contributed by atoms with Crippen LogP contribution in [0.4, 0.5) is 0 Å². The van der Waals surface area contributed by atoms with E-state index in [0.29, 0.717) is 6.04 Å². The van der Waals surface area contributed by atoms with Gasteiger partial charge in [-0.25, -0.2) is 0 Å². The summed E-state index contributed by atoms with van der Waals surface area (Å²) in [5, 5.41) is 3.39. The van der Waals surface area contributed by atoms with Gasteiger partial charge >= 0.3 is 0 Å². The van der Waals surface area contributed by atoms with Crippen LogP contribution in [0.15, 0.2) is 54.7 Å². The maximum absolute atomic E-state index is 4.36. The monoisotopic (exact) mass is 240 g/mol. The molecule has 18 heavy (non-hydrogen) atoms. The number of hydrogen-bond acceptors (Lipinski definition) is 2. The molecule has 0 saturated heterocycles. The van der Waals surface area contributed by atoms with Crippen molar-refractivity contribution in [2.75, 3.05) is 7.05 Å². The van der Waals surface area contributed by atoms with Gasteiger partial charge in [-0.3, -0.25) is 4.98 Å². The van der Waals surface area contributed by atoms with Crippen LogP contribution in [-0.2, 0) is 12.8 Å². The van der Waals surface area contributed by atoms with Crippen molar-refractivity contribution in [3.8, 4) is 0 Å². The molecule has 1 heterocycles. The Hall–Kier alpha value is -1.67. The van der Waals surface area contributed by atoms with E-state index < -0.39 is 0 Å². The Morgan fingerprint density at radius 2 is 1.83 bits per heavy atom. The highest BCUT2D eigenvalue weighted by Gasteiger charge is 2.07. The highest BCUT2D eigenvalue weighted by Crippen LogP contribution is 2.08. The smallest absolute Gasteiger partial charge is 0.0404 e. The van der Waals surface area contributed by atoms with Gasteiger partial charge in [0, 0.05) is 17.9 Å². The molecule has 0 aliphatic rings. The van der Waals surface area contributed by atoms with E-state index >= 15 is 0 Å². The molecular weight excluding hydrogens is 220 g/mol. The van der Waals surface area contributed by atoms with Gasteiger partial charge in [0.2, 0.25) is 0 Å². The standard InChI is InChI=1S/C16H20N2/c1-17-16(13-14-7-3-2-4-8-14)11-10-15-9-5-6-12-18-15/h2-9,12,16-17H,10-11,13H2,1H3. The lowest BCUT2D eigenvalue weighted by Gasteiger charge is -2.15. The summed E-state index contributed by atoms with van der Waals surface area (Å²) < 4.78 is 0. The second-order valence-corrected chi connectivity index (χ2v) is 4.54. The first-order valence-corrected chi connectivity index (χ1v) is 6.49. The minimum Gasteiger partial charge on any atom is -0.317 e. The van der Waals surface area contributed by atoms with Crippen LogP contribution < -0.4 is 5.32 Å². The Balaban J connectivity index is 1.86. The van der Waals surface area contributed by atoms with Crippen molar-refractivity contribution in [1.82, 2.24) is 10.3 Å². The Morgan fingerprint density at radius 3 is 2.50 bits per heavy atom. The van der Waals surface area contributed by atoms with Gasteiger partial charge in [-0.2, -0.15) is 0 Å². The highest BCUT2D eigenvalue weighted by molar-refractivity contribution is 5.16. The van der Waals surface area contributed by atoms with Gasteiger partial charge in [0.25, 0.3) is 0 Å². The van der Waals surface area contributed by atoms with E-state index in [9.17, 15) is 0 Å². The molecule has 0 aliphatic carbocycles. The quantitative estimate of drug-likeness (QED) is 0.840. The molecule has 2 rings (SSSR count). The number of nitrogens with zero attached hydrogens (tertiary/aromatic N) is 1. The van der Waals surface area contributed by atoms with Crippen molar-refractivity contribution in [2.45, 2.75) is 25.3 Å². The van der Waals surface area contributed by atoms with Crippen LogP contribution in [0.2, 0.25) is 0 Å². The van der Waals surface area contributed by atoms with Gasteiger partial charge in [0.15, 0.2) is 0 Å². The van der Waals surface area contributed by atoms with Crippen LogP contribution in [-0.4, -0.2) is 18.1 Å². The zero-order valence-corrected chi connectivity index (χ0v) is 10.8. The lowest BCUT2D eigenvalue weighted by atomic mass is 10.0. The minimum atomic E-state index is 0.509. The molecular formula is C16H20N2. The molecule has 0 bridgehead atoms. The Bertz CT molecular complexity index is 439. The number of benzene rings is 1. The fourth-order valence-electron chi connectivity index (χ4n) is 2.12. The highest BCUT2D eigenvalue weighted by atomic mass is 14.9. The fraction of sp³-hybridized carbons (Fsp3) is 0.312. The summed E-state index contributed by atoms with van der Waals surface area (Å²) in [6, 6.07) is 17.2. The average Bonchev–Trinajstić information content (AvgIpc) is 2.45. The normalized spacial score (nSPS) is 12.3. The van der Waals surface area contributed by atoms with Crippen LogP contribution in [0, 0.1) is 0 Å². The van der Waals surface area contributed by atoms with Gasteiger partial charge in [-0.05, 0) is 44.0 Å². The SMILES string of the molecule is CNC(CCc1ccccn1)Cc1ccccc1. The number of aryl methyl sites for hydroxylation is 1. The number of aromatic nitrogens is 1. The molecule has 1 atom stereocenters. The Morgan fingerprint density at radius 1 is 1.06 bits per heavy atom. The molecule has 0 aliphatic heterocycles. The Kier molecular flexibility index (Phi) is 4.91. The molecule has 2 nitrogen and oxygen atoms in total. The third-order valence-corrected chi connectivity index (χ3v) is 3.21. The summed E-state index contributed by atoms with van der Waals surface area (Å²) in [6.07, 6.45) is 5.08. The van der Waals surface area contributed by atoms with Crippen LogP contribution >= 0.6 is 0 Å². The molecule has 2 heteroatoms. The molecule has 0 saturated carbocycles. The van der Waals surface area contributed by atoms with E-state index in [1.54, 1.807) is 0 Å². The summed E-state index contributed by atoms with van der Waals surface area (Å²) in [5.74, 6) is 0. The molecule has 0 amide bonds. The van der Waals surface area contributed by atoms with Crippen LogP contribution in [0.1, 0.15) is 17.7 Å². The molecule has 0 fully saturated rings. The fourth-order valence-corrected chi connectivity index (χ4v) is 2.12. The Labute approximate surface area is 109 Å². The molecule has 94 valence electrons. The molecule has 0 radical (unpaired) electrons. The van der Waals surface area contributed by atoms with Crippen LogP contribution in [0.3, 0.4) is 0 Å². The summed E-state index contributed by atoms with van der Waals surface area (Å²) in [5.41, 5.74) is 2.56. The van der Waals surface area contributed by atoms with E-state index in [0.717, 1.165) is 19.3 Å². The van der Waals surface area contributed by atoms with Gasteiger partial charge in [0.05, 0.1) is 0 Å². The van der Waals surface area contributed by atoms with Gasteiger partial charge in [0.1, 0.15) is 0 Å². The number of pyridine rings is 1. The minimum absolute atomic E-state index is 0.509. The molecule has 1 aromatic carbocycles. The number of nitrogens with one attached hydrogen (secondary N) is 1. The lowest BCUT2D eigenvalue weighted by molar-refractivity contribution is 0.517. The van der Waals surface area contributed by atoms with Gasteiger partial charge < -0.3 is 5.32 Å². The molecule has 1 N–H and O–H groups in total. The summed E-state index contributed by atoms with van der Waals surface area (Å²) in [7, 11) is 2.03. The summed E-state index contributed by atoms with van der Waals surface area (Å²) >= 11 is 0. The molecule has 0 spiro atoms. The number of likely N-dealkylation sites (N-methyl/N-ethyl adjacent to an activating group) is 1. The van der Waals surface area contributed by atoms with Crippen molar-refractivity contribution in [2.24, 2.45) is 0 Å². The van der Waals surface area contributed by atoms with Crippen molar-refractivity contribution >= 4 is 0 Å².